The van der Waals surface area contributed by atoms with E-state index < -0.39 is 27.4 Å². The quantitative estimate of drug-likeness (QED) is 0.681. The van der Waals surface area contributed by atoms with Gasteiger partial charge in [0, 0.05) is 13.1 Å². The Morgan fingerprint density at radius 2 is 1.82 bits per heavy atom. The number of nitrogens with zero attached hydrogens (tertiary/aromatic N) is 1. The number of hydrogen-bond acceptors (Lipinski definition) is 6. The first-order valence-corrected chi connectivity index (χ1v) is 10.0. The van der Waals surface area contributed by atoms with E-state index in [1.54, 1.807) is 24.3 Å². The van der Waals surface area contributed by atoms with Crippen LogP contribution in [-0.2, 0) is 26.1 Å². The molecule has 7 nitrogen and oxygen atoms in total. The summed E-state index contributed by atoms with van der Waals surface area (Å²) >= 11 is 0. The maximum absolute atomic E-state index is 14.1. The molecule has 2 aromatic carbocycles. The number of methoxy groups -OCH3 is 1. The highest BCUT2D eigenvalue weighted by Gasteiger charge is 2.28. The van der Waals surface area contributed by atoms with Gasteiger partial charge in [0.15, 0.2) is 0 Å². The number of morpholine rings is 1. The SMILES string of the molecule is COc1ccc(COC(=O)c2cc(S(=O)(=O)N3CCOCC3)ccc2F)cc1. The highest BCUT2D eigenvalue weighted by Crippen LogP contribution is 2.21. The van der Waals surface area contributed by atoms with Crippen LogP contribution >= 0.6 is 0 Å². The first-order chi connectivity index (χ1) is 13.4. The van der Waals surface area contributed by atoms with E-state index in [4.69, 9.17) is 14.2 Å². The third-order valence-electron chi connectivity index (χ3n) is 4.29. The highest BCUT2D eigenvalue weighted by molar-refractivity contribution is 7.89. The van der Waals surface area contributed by atoms with Gasteiger partial charge in [-0.25, -0.2) is 17.6 Å². The molecule has 0 aromatic heterocycles. The minimum absolute atomic E-state index is 0.0806. The maximum atomic E-state index is 14.1. The third-order valence-corrected chi connectivity index (χ3v) is 6.19. The van der Waals surface area contributed by atoms with E-state index in [1.807, 2.05) is 0 Å². The summed E-state index contributed by atoms with van der Waals surface area (Å²) in [5.74, 6) is -1.13. The molecule has 0 radical (unpaired) electrons. The van der Waals surface area contributed by atoms with E-state index in [2.05, 4.69) is 0 Å². The van der Waals surface area contributed by atoms with Gasteiger partial charge in [0.2, 0.25) is 10.0 Å². The van der Waals surface area contributed by atoms with Crippen LogP contribution in [0.1, 0.15) is 15.9 Å². The molecule has 0 amide bonds. The fourth-order valence-corrected chi connectivity index (χ4v) is 4.14. The third kappa shape index (κ3) is 4.49. The summed E-state index contributed by atoms with van der Waals surface area (Å²) in [6.07, 6.45) is 0. The Bertz CT molecular complexity index is 939. The van der Waals surface area contributed by atoms with Crippen LogP contribution in [0.5, 0.6) is 5.75 Å². The average Bonchev–Trinajstić information content (AvgIpc) is 2.73. The minimum Gasteiger partial charge on any atom is -0.497 e. The number of halogens is 1. The Kier molecular flexibility index (Phi) is 6.28. The van der Waals surface area contributed by atoms with Crippen molar-refractivity contribution in [3.63, 3.8) is 0 Å². The molecule has 0 saturated carbocycles. The zero-order valence-electron chi connectivity index (χ0n) is 15.3. The number of benzene rings is 2. The second-order valence-corrected chi connectivity index (χ2v) is 8.02. The van der Waals surface area contributed by atoms with Crippen LogP contribution in [0.15, 0.2) is 47.4 Å². The smallest absolute Gasteiger partial charge is 0.341 e. The van der Waals surface area contributed by atoms with Crippen LogP contribution in [0, 0.1) is 5.82 Å². The van der Waals surface area contributed by atoms with E-state index in [9.17, 15) is 17.6 Å². The Labute approximate surface area is 162 Å². The molecule has 0 unspecified atom stereocenters. The summed E-state index contributed by atoms with van der Waals surface area (Å²) in [5, 5.41) is 0. The molecule has 3 rings (SSSR count). The van der Waals surface area contributed by atoms with Gasteiger partial charge in [-0.05, 0) is 35.9 Å². The Hall–Kier alpha value is -2.49. The molecule has 0 atom stereocenters. The van der Waals surface area contributed by atoms with Crippen molar-refractivity contribution in [2.24, 2.45) is 0 Å². The molecule has 1 heterocycles. The normalized spacial score (nSPS) is 15.2. The molecule has 1 saturated heterocycles. The lowest BCUT2D eigenvalue weighted by Gasteiger charge is -2.26. The predicted octanol–water partition coefficient (Wildman–Crippen LogP) is 2.21. The van der Waals surface area contributed by atoms with Crippen LogP contribution in [0.2, 0.25) is 0 Å². The fraction of sp³-hybridized carbons (Fsp3) is 0.316. The van der Waals surface area contributed by atoms with Crippen LogP contribution in [0.3, 0.4) is 0 Å². The fourth-order valence-electron chi connectivity index (χ4n) is 2.71. The number of hydrogen-bond donors (Lipinski definition) is 0. The topological polar surface area (TPSA) is 82.1 Å². The molecule has 1 fully saturated rings. The van der Waals surface area contributed by atoms with E-state index in [0.29, 0.717) is 11.3 Å². The van der Waals surface area contributed by atoms with Gasteiger partial charge in [-0.15, -0.1) is 0 Å². The van der Waals surface area contributed by atoms with Crippen molar-refractivity contribution in [2.45, 2.75) is 11.5 Å². The lowest BCUT2D eigenvalue weighted by Crippen LogP contribution is -2.40. The van der Waals surface area contributed by atoms with Gasteiger partial charge in [-0.1, -0.05) is 12.1 Å². The van der Waals surface area contributed by atoms with Crippen molar-refractivity contribution >= 4 is 16.0 Å². The first kappa shape index (κ1) is 20.2. The molecule has 28 heavy (non-hydrogen) atoms. The second-order valence-electron chi connectivity index (χ2n) is 6.08. The van der Waals surface area contributed by atoms with Gasteiger partial charge >= 0.3 is 5.97 Å². The van der Waals surface area contributed by atoms with Crippen LogP contribution < -0.4 is 4.74 Å². The van der Waals surface area contributed by atoms with Crippen LogP contribution in [-0.4, -0.2) is 52.1 Å². The van der Waals surface area contributed by atoms with Crippen molar-refractivity contribution in [1.82, 2.24) is 4.31 Å². The van der Waals surface area contributed by atoms with Gasteiger partial charge in [-0.2, -0.15) is 4.31 Å². The largest absolute Gasteiger partial charge is 0.497 e. The summed E-state index contributed by atoms with van der Waals surface area (Å²) in [5.41, 5.74) is 0.259. The molecule has 1 aliphatic heterocycles. The van der Waals surface area contributed by atoms with Gasteiger partial charge in [0.05, 0.1) is 30.8 Å². The van der Waals surface area contributed by atoms with E-state index in [1.165, 1.54) is 11.4 Å². The minimum atomic E-state index is -3.84. The number of rotatable bonds is 6. The van der Waals surface area contributed by atoms with Crippen molar-refractivity contribution in [3.05, 3.63) is 59.4 Å². The van der Waals surface area contributed by atoms with Gasteiger partial charge in [0.1, 0.15) is 18.2 Å². The maximum Gasteiger partial charge on any atom is 0.341 e. The van der Waals surface area contributed by atoms with E-state index in [-0.39, 0.29) is 37.8 Å². The molecule has 1 aliphatic rings. The highest BCUT2D eigenvalue weighted by atomic mass is 32.2. The van der Waals surface area contributed by atoms with Gasteiger partial charge < -0.3 is 14.2 Å². The standard InChI is InChI=1S/C19H20FNO6S/c1-25-15-4-2-14(3-5-15)13-27-19(22)17-12-16(6-7-18(17)20)28(23,24)21-8-10-26-11-9-21/h2-7,12H,8-11,13H2,1H3. The van der Waals surface area contributed by atoms with Crippen molar-refractivity contribution in [1.29, 1.82) is 0 Å². The number of ether oxygens (including phenoxy) is 3. The number of carbonyl (C=O) groups excluding carboxylic acids is 1. The Morgan fingerprint density at radius 1 is 1.14 bits per heavy atom. The predicted molar refractivity (Wildman–Crippen MR) is 98.1 cm³/mol. The van der Waals surface area contributed by atoms with E-state index in [0.717, 1.165) is 18.2 Å². The second kappa shape index (κ2) is 8.68. The summed E-state index contributed by atoms with van der Waals surface area (Å²) in [6, 6.07) is 9.94. The monoisotopic (exact) mass is 409 g/mol. The van der Waals surface area contributed by atoms with Gasteiger partial charge in [-0.3, -0.25) is 0 Å². The number of carbonyl (C=O) groups is 1. The Morgan fingerprint density at radius 3 is 2.46 bits per heavy atom. The molecule has 0 bridgehead atoms. The zero-order chi connectivity index (χ0) is 20.1. The van der Waals surface area contributed by atoms with Crippen LogP contribution in [0.25, 0.3) is 0 Å². The van der Waals surface area contributed by atoms with Crippen LogP contribution in [0.4, 0.5) is 4.39 Å². The molecule has 2 aromatic rings. The molecular weight excluding hydrogens is 389 g/mol. The molecular formula is C19H20FNO6S. The summed E-state index contributed by atoms with van der Waals surface area (Å²) < 4.78 is 56.1. The zero-order valence-corrected chi connectivity index (χ0v) is 16.1. The van der Waals surface area contributed by atoms with E-state index >= 15 is 0 Å². The van der Waals surface area contributed by atoms with Gasteiger partial charge in [0.25, 0.3) is 0 Å². The summed E-state index contributed by atoms with van der Waals surface area (Å²) in [4.78, 5) is 12.1. The average molecular weight is 409 g/mol. The Balaban J connectivity index is 1.75. The lowest BCUT2D eigenvalue weighted by molar-refractivity contribution is 0.0467. The molecule has 9 heteroatoms. The molecule has 0 aliphatic carbocycles. The lowest BCUT2D eigenvalue weighted by atomic mass is 10.2. The van der Waals surface area contributed by atoms with Crippen molar-refractivity contribution < 1.29 is 31.8 Å². The molecule has 0 N–H and O–H groups in total. The number of sulfonamides is 1. The summed E-state index contributed by atoms with van der Waals surface area (Å²) in [6.45, 7) is 0.908. The first-order valence-electron chi connectivity index (χ1n) is 8.59. The summed E-state index contributed by atoms with van der Waals surface area (Å²) in [7, 11) is -2.31. The van der Waals surface area contributed by atoms with Crippen molar-refractivity contribution in [2.75, 3.05) is 33.4 Å². The molecule has 0 spiro atoms. The van der Waals surface area contributed by atoms with Crippen molar-refractivity contribution in [3.8, 4) is 5.75 Å². The number of esters is 1. The molecule has 150 valence electrons.